The molecule has 14 heavy (non-hydrogen) atoms. The minimum absolute atomic E-state index is 0.0881. The third-order valence-electron chi connectivity index (χ3n) is 1.82. The lowest BCUT2D eigenvalue weighted by Gasteiger charge is -2.03. The van der Waals surface area contributed by atoms with E-state index in [0.717, 1.165) is 0 Å². The molecule has 0 aliphatic heterocycles. The van der Waals surface area contributed by atoms with Crippen LogP contribution in [0.15, 0.2) is 11.0 Å². The number of carboxylic acids is 1. The quantitative estimate of drug-likeness (QED) is 0.738. The van der Waals surface area contributed by atoms with Crippen LogP contribution in [-0.2, 0) is 11.2 Å². The average molecular weight is 196 g/mol. The number of H-pyrrole nitrogens is 1. The van der Waals surface area contributed by atoms with E-state index in [9.17, 15) is 9.59 Å². The van der Waals surface area contributed by atoms with E-state index in [0.29, 0.717) is 5.56 Å². The van der Waals surface area contributed by atoms with Crippen LogP contribution in [0.4, 0.5) is 0 Å². The molecule has 0 spiro atoms. The number of carboxylic acid groups (broad SMARTS) is 1. The van der Waals surface area contributed by atoms with E-state index in [1.165, 1.54) is 6.20 Å². The average Bonchev–Trinajstić information content (AvgIpc) is 2.01. The van der Waals surface area contributed by atoms with E-state index in [-0.39, 0.29) is 23.7 Å². The molecule has 0 atom stereocenters. The van der Waals surface area contributed by atoms with Gasteiger partial charge in [-0.25, -0.2) is 4.98 Å². The maximum Gasteiger partial charge on any atom is 0.311 e. The molecule has 0 saturated carbocycles. The Labute approximate surface area is 80.8 Å². The maximum atomic E-state index is 11.4. The highest BCUT2D eigenvalue weighted by Crippen LogP contribution is 2.06. The maximum absolute atomic E-state index is 11.4. The van der Waals surface area contributed by atoms with E-state index >= 15 is 0 Å². The Morgan fingerprint density at radius 1 is 1.64 bits per heavy atom. The highest BCUT2D eigenvalue weighted by atomic mass is 16.4. The third kappa shape index (κ3) is 2.42. The molecule has 76 valence electrons. The zero-order valence-corrected chi connectivity index (χ0v) is 8.07. The van der Waals surface area contributed by atoms with Gasteiger partial charge < -0.3 is 10.1 Å². The van der Waals surface area contributed by atoms with Gasteiger partial charge in [0.2, 0.25) is 0 Å². The van der Waals surface area contributed by atoms with Gasteiger partial charge in [0.05, 0.1) is 0 Å². The highest BCUT2D eigenvalue weighted by molar-refractivity contribution is 5.68. The lowest BCUT2D eigenvalue weighted by molar-refractivity contribution is -0.136. The van der Waals surface area contributed by atoms with Gasteiger partial charge in [-0.2, -0.15) is 0 Å². The van der Waals surface area contributed by atoms with Crippen molar-refractivity contribution in [2.45, 2.75) is 26.2 Å². The summed E-state index contributed by atoms with van der Waals surface area (Å²) in [6.07, 6.45) is 1.18. The van der Waals surface area contributed by atoms with Gasteiger partial charge in [-0.15, -0.1) is 0 Å². The van der Waals surface area contributed by atoms with E-state index in [1.54, 1.807) is 0 Å². The summed E-state index contributed by atoms with van der Waals surface area (Å²) in [7, 11) is 0. The van der Waals surface area contributed by atoms with Crippen molar-refractivity contribution in [2.75, 3.05) is 0 Å². The van der Waals surface area contributed by atoms with Gasteiger partial charge in [-0.3, -0.25) is 9.59 Å². The number of hydrogen-bond donors (Lipinski definition) is 2. The predicted octanol–water partition coefficient (Wildman–Crippen LogP) is 0.520. The second kappa shape index (κ2) is 4.04. The molecule has 0 aromatic carbocycles. The zero-order valence-electron chi connectivity index (χ0n) is 8.07. The minimum Gasteiger partial charge on any atom is -0.481 e. The first-order valence-corrected chi connectivity index (χ1v) is 4.30. The van der Waals surface area contributed by atoms with Crippen molar-refractivity contribution in [1.29, 1.82) is 0 Å². The second-order valence-electron chi connectivity index (χ2n) is 3.34. The Kier molecular flexibility index (Phi) is 3.01. The van der Waals surface area contributed by atoms with Crippen molar-refractivity contribution < 1.29 is 9.90 Å². The van der Waals surface area contributed by atoms with Crippen LogP contribution in [0.3, 0.4) is 0 Å². The fourth-order valence-corrected chi connectivity index (χ4v) is 1.09. The van der Waals surface area contributed by atoms with Crippen LogP contribution in [0.5, 0.6) is 0 Å². The topological polar surface area (TPSA) is 83.0 Å². The Morgan fingerprint density at radius 3 is 2.71 bits per heavy atom. The van der Waals surface area contributed by atoms with Gasteiger partial charge in [0.25, 0.3) is 5.56 Å². The lowest BCUT2D eigenvalue weighted by atomic mass is 10.1. The van der Waals surface area contributed by atoms with Gasteiger partial charge in [-0.05, 0) is 5.92 Å². The zero-order chi connectivity index (χ0) is 10.7. The molecule has 1 heterocycles. The molecule has 0 bridgehead atoms. The standard InChI is InChI=1S/C9H12N2O3/c1-5(2)6-4-10-7(3-8(12)13)11-9(6)14/h4-5H,3H2,1-2H3,(H,12,13)(H,10,11,14). The predicted molar refractivity (Wildman–Crippen MR) is 50.3 cm³/mol. The normalized spacial score (nSPS) is 10.5. The highest BCUT2D eigenvalue weighted by Gasteiger charge is 2.08. The number of aliphatic carboxylic acids is 1. The van der Waals surface area contributed by atoms with Crippen LogP contribution in [0.2, 0.25) is 0 Å². The molecule has 0 unspecified atom stereocenters. The number of carbonyl (C=O) groups is 1. The van der Waals surface area contributed by atoms with Crippen molar-refractivity contribution in [3.05, 3.63) is 27.9 Å². The molecule has 1 rings (SSSR count). The van der Waals surface area contributed by atoms with E-state index < -0.39 is 5.97 Å². The Morgan fingerprint density at radius 2 is 2.29 bits per heavy atom. The van der Waals surface area contributed by atoms with Crippen LogP contribution in [-0.4, -0.2) is 21.0 Å². The number of hydrogen-bond acceptors (Lipinski definition) is 3. The van der Waals surface area contributed by atoms with Crippen LogP contribution >= 0.6 is 0 Å². The summed E-state index contributed by atoms with van der Waals surface area (Å²) in [5, 5.41) is 8.47. The lowest BCUT2D eigenvalue weighted by Crippen LogP contribution is -2.18. The molecule has 5 heteroatoms. The van der Waals surface area contributed by atoms with E-state index in [1.807, 2.05) is 13.8 Å². The van der Waals surface area contributed by atoms with Gasteiger partial charge in [0, 0.05) is 11.8 Å². The third-order valence-corrected chi connectivity index (χ3v) is 1.82. The molecule has 0 amide bonds. The molecule has 2 N–H and O–H groups in total. The molecular formula is C9H12N2O3. The Bertz CT molecular complexity index is 395. The molecule has 1 aromatic heterocycles. The van der Waals surface area contributed by atoms with Gasteiger partial charge >= 0.3 is 5.97 Å². The number of aromatic nitrogens is 2. The van der Waals surface area contributed by atoms with Crippen LogP contribution in [0, 0.1) is 0 Å². The largest absolute Gasteiger partial charge is 0.481 e. The monoisotopic (exact) mass is 196 g/mol. The molecule has 5 nitrogen and oxygen atoms in total. The minimum atomic E-state index is -1.01. The first-order valence-electron chi connectivity index (χ1n) is 4.30. The molecule has 0 saturated heterocycles. The Balaban J connectivity index is 3.01. The summed E-state index contributed by atoms with van der Waals surface area (Å²) in [6, 6.07) is 0. The summed E-state index contributed by atoms with van der Waals surface area (Å²) in [6.45, 7) is 3.76. The van der Waals surface area contributed by atoms with E-state index in [2.05, 4.69) is 9.97 Å². The molecular weight excluding hydrogens is 184 g/mol. The van der Waals surface area contributed by atoms with Gasteiger partial charge in [0.15, 0.2) is 0 Å². The smallest absolute Gasteiger partial charge is 0.311 e. The number of nitrogens with one attached hydrogen (secondary N) is 1. The first kappa shape index (κ1) is 10.4. The van der Waals surface area contributed by atoms with Crippen LogP contribution < -0.4 is 5.56 Å². The molecule has 0 radical (unpaired) electrons. The van der Waals surface area contributed by atoms with E-state index in [4.69, 9.17) is 5.11 Å². The summed E-state index contributed by atoms with van der Waals surface area (Å²) < 4.78 is 0. The van der Waals surface area contributed by atoms with Gasteiger partial charge in [-0.1, -0.05) is 13.8 Å². The van der Waals surface area contributed by atoms with Crippen molar-refractivity contribution in [3.63, 3.8) is 0 Å². The molecule has 0 fully saturated rings. The summed E-state index contributed by atoms with van der Waals surface area (Å²) in [4.78, 5) is 28.0. The summed E-state index contributed by atoms with van der Waals surface area (Å²) in [5.41, 5.74) is 0.311. The second-order valence-corrected chi connectivity index (χ2v) is 3.34. The van der Waals surface area contributed by atoms with Gasteiger partial charge in [0.1, 0.15) is 12.2 Å². The summed E-state index contributed by atoms with van der Waals surface area (Å²) >= 11 is 0. The molecule has 0 aliphatic rings. The van der Waals surface area contributed by atoms with Crippen molar-refractivity contribution >= 4 is 5.97 Å². The van der Waals surface area contributed by atoms with Crippen molar-refractivity contribution in [3.8, 4) is 0 Å². The molecule has 1 aromatic rings. The fraction of sp³-hybridized carbons (Fsp3) is 0.444. The molecule has 0 aliphatic carbocycles. The SMILES string of the molecule is CC(C)c1cnc(CC(=O)O)[nH]c1=O. The van der Waals surface area contributed by atoms with Crippen molar-refractivity contribution in [1.82, 2.24) is 9.97 Å². The van der Waals surface area contributed by atoms with Crippen LogP contribution in [0.25, 0.3) is 0 Å². The number of nitrogens with zero attached hydrogens (tertiary/aromatic N) is 1. The number of rotatable bonds is 3. The number of aromatic amines is 1. The fourth-order valence-electron chi connectivity index (χ4n) is 1.09. The first-order chi connectivity index (χ1) is 6.50. The van der Waals surface area contributed by atoms with Crippen LogP contribution in [0.1, 0.15) is 31.2 Å². The Hall–Kier alpha value is -1.65. The van der Waals surface area contributed by atoms with Crippen molar-refractivity contribution in [2.24, 2.45) is 0 Å². The summed E-state index contributed by atoms with van der Waals surface area (Å²) in [5.74, 6) is -0.734.